The number of nitrogens with one attached hydrogen (secondary N) is 1. The molecule has 1 fully saturated rings. The SMILES string of the molecule is CNC(=O)C1CN(CCc2ccccc2)CCN1C(=O)CCOC. The Kier molecular flexibility index (Phi) is 7.21. The number of ether oxygens (including phenoxy) is 1. The summed E-state index contributed by atoms with van der Waals surface area (Å²) in [6.07, 6.45) is 1.26. The van der Waals surface area contributed by atoms with Gasteiger partial charge < -0.3 is 15.0 Å². The van der Waals surface area contributed by atoms with E-state index in [-0.39, 0.29) is 11.8 Å². The Hall–Kier alpha value is -1.92. The van der Waals surface area contributed by atoms with Crippen molar-refractivity contribution >= 4 is 11.8 Å². The molecule has 2 rings (SSSR count). The summed E-state index contributed by atoms with van der Waals surface area (Å²) in [6.45, 7) is 3.21. The van der Waals surface area contributed by atoms with Crippen molar-refractivity contribution in [3.8, 4) is 0 Å². The van der Waals surface area contributed by atoms with Crippen LogP contribution >= 0.6 is 0 Å². The first-order valence-corrected chi connectivity index (χ1v) is 8.42. The number of carbonyl (C=O) groups excluding carboxylic acids is 2. The molecule has 24 heavy (non-hydrogen) atoms. The van der Waals surface area contributed by atoms with Gasteiger partial charge in [0.15, 0.2) is 0 Å². The van der Waals surface area contributed by atoms with Crippen LogP contribution in [0.25, 0.3) is 0 Å². The minimum atomic E-state index is -0.427. The van der Waals surface area contributed by atoms with Crippen molar-refractivity contribution in [3.05, 3.63) is 35.9 Å². The maximum atomic E-state index is 12.3. The first-order chi connectivity index (χ1) is 11.7. The summed E-state index contributed by atoms with van der Waals surface area (Å²) in [5.74, 6) is -0.127. The third-order valence-corrected chi connectivity index (χ3v) is 4.41. The van der Waals surface area contributed by atoms with E-state index in [2.05, 4.69) is 22.3 Å². The second-order valence-electron chi connectivity index (χ2n) is 6.00. The van der Waals surface area contributed by atoms with Crippen molar-refractivity contribution in [2.45, 2.75) is 18.9 Å². The van der Waals surface area contributed by atoms with E-state index in [1.54, 1.807) is 19.1 Å². The van der Waals surface area contributed by atoms with E-state index >= 15 is 0 Å². The van der Waals surface area contributed by atoms with Gasteiger partial charge in [0.05, 0.1) is 13.0 Å². The Morgan fingerprint density at radius 1 is 1.25 bits per heavy atom. The lowest BCUT2D eigenvalue weighted by Crippen LogP contribution is -2.60. The standard InChI is InChI=1S/C18H27N3O3/c1-19-18(23)16-14-20(10-8-15-6-4-3-5-7-15)11-12-21(16)17(22)9-13-24-2/h3-7,16H,8-14H2,1-2H3,(H,19,23). The number of methoxy groups -OCH3 is 1. The maximum absolute atomic E-state index is 12.3. The molecule has 0 aliphatic carbocycles. The summed E-state index contributed by atoms with van der Waals surface area (Å²) in [4.78, 5) is 28.5. The van der Waals surface area contributed by atoms with Crippen molar-refractivity contribution in [1.82, 2.24) is 15.1 Å². The number of rotatable bonds is 7. The molecule has 1 N–H and O–H groups in total. The van der Waals surface area contributed by atoms with Crippen LogP contribution in [0.1, 0.15) is 12.0 Å². The lowest BCUT2D eigenvalue weighted by atomic mass is 10.1. The monoisotopic (exact) mass is 333 g/mol. The van der Waals surface area contributed by atoms with E-state index < -0.39 is 6.04 Å². The second-order valence-corrected chi connectivity index (χ2v) is 6.00. The zero-order chi connectivity index (χ0) is 17.4. The Balaban J connectivity index is 1.94. The number of carbonyl (C=O) groups is 2. The van der Waals surface area contributed by atoms with Crippen molar-refractivity contribution < 1.29 is 14.3 Å². The molecule has 6 heteroatoms. The van der Waals surface area contributed by atoms with Crippen molar-refractivity contribution in [2.75, 3.05) is 46.9 Å². The zero-order valence-electron chi connectivity index (χ0n) is 14.5. The van der Waals surface area contributed by atoms with E-state index in [1.807, 2.05) is 18.2 Å². The smallest absolute Gasteiger partial charge is 0.243 e. The third kappa shape index (κ3) is 5.04. The molecule has 1 aliphatic rings. The predicted molar refractivity (Wildman–Crippen MR) is 92.6 cm³/mol. The maximum Gasteiger partial charge on any atom is 0.243 e. The number of nitrogens with zero attached hydrogens (tertiary/aromatic N) is 2. The van der Waals surface area contributed by atoms with Crippen LogP contribution < -0.4 is 5.32 Å². The van der Waals surface area contributed by atoms with Gasteiger partial charge in [-0.05, 0) is 12.0 Å². The number of piperazine rings is 1. The summed E-state index contributed by atoms with van der Waals surface area (Å²) >= 11 is 0. The fourth-order valence-electron chi connectivity index (χ4n) is 3.00. The van der Waals surface area contributed by atoms with Crippen LogP contribution in [0.3, 0.4) is 0 Å². The summed E-state index contributed by atoms with van der Waals surface area (Å²) < 4.78 is 4.98. The van der Waals surface area contributed by atoms with Crippen LogP contribution in [0.2, 0.25) is 0 Å². The van der Waals surface area contributed by atoms with E-state index in [9.17, 15) is 9.59 Å². The average Bonchev–Trinajstić information content (AvgIpc) is 2.64. The van der Waals surface area contributed by atoms with Gasteiger partial charge in [-0.15, -0.1) is 0 Å². The van der Waals surface area contributed by atoms with Crippen LogP contribution in [0.15, 0.2) is 30.3 Å². The van der Waals surface area contributed by atoms with E-state index in [1.165, 1.54) is 5.56 Å². The van der Waals surface area contributed by atoms with Gasteiger partial charge in [-0.25, -0.2) is 0 Å². The lowest BCUT2D eigenvalue weighted by molar-refractivity contribution is -0.144. The molecule has 0 bridgehead atoms. The Labute approximate surface area is 143 Å². The Bertz CT molecular complexity index is 536. The molecular weight excluding hydrogens is 306 g/mol. The van der Waals surface area contributed by atoms with E-state index in [4.69, 9.17) is 4.74 Å². The molecule has 1 aliphatic heterocycles. The second kappa shape index (κ2) is 9.39. The van der Waals surface area contributed by atoms with E-state index in [0.29, 0.717) is 26.1 Å². The lowest BCUT2D eigenvalue weighted by Gasteiger charge is -2.40. The summed E-state index contributed by atoms with van der Waals surface area (Å²) in [6, 6.07) is 9.88. The fourth-order valence-corrected chi connectivity index (χ4v) is 3.00. The Morgan fingerprint density at radius 2 is 2.00 bits per heavy atom. The van der Waals surface area contributed by atoms with Crippen molar-refractivity contribution in [2.24, 2.45) is 0 Å². The number of hydrogen-bond donors (Lipinski definition) is 1. The highest BCUT2D eigenvalue weighted by Gasteiger charge is 2.34. The van der Waals surface area contributed by atoms with Gasteiger partial charge in [-0.1, -0.05) is 30.3 Å². The Morgan fingerprint density at radius 3 is 2.67 bits per heavy atom. The molecular formula is C18H27N3O3. The molecule has 0 radical (unpaired) electrons. The highest BCUT2D eigenvalue weighted by Crippen LogP contribution is 2.13. The highest BCUT2D eigenvalue weighted by atomic mass is 16.5. The van der Waals surface area contributed by atoms with Gasteiger partial charge in [-0.2, -0.15) is 0 Å². The number of benzene rings is 1. The quantitative estimate of drug-likeness (QED) is 0.790. The number of hydrogen-bond acceptors (Lipinski definition) is 4. The van der Waals surface area contributed by atoms with Gasteiger partial charge in [0.25, 0.3) is 0 Å². The summed E-state index contributed by atoms with van der Waals surface area (Å²) in [7, 11) is 3.19. The number of likely N-dealkylation sites (N-methyl/N-ethyl adjacent to an activating group) is 1. The van der Waals surface area contributed by atoms with Crippen LogP contribution in [-0.2, 0) is 20.7 Å². The van der Waals surface area contributed by atoms with Crippen LogP contribution in [0.4, 0.5) is 0 Å². The van der Waals surface area contributed by atoms with Crippen LogP contribution in [-0.4, -0.2) is 74.6 Å². The fraction of sp³-hybridized carbons (Fsp3) is 0.556. The highest BCUT2D eigenvalue weighted by molar-refractivity contribution is 5.88. The number of amides is 2. The molecule has 0 saturated carbocycles. The van der Waals surface area contributed by atoms with Crippen LogP contribution in [0, 0.1) is 0 Å². The molecule has 0 spiro atoms. The van der Waals surface area contributed by atoms with Crippen molar-refractivity contribution in [3.63, 3.8) is 0 Å². The largest absolute Gasteiger partial charge is 0.384 e. The van der Waals surface area contributed by atoms with Crippen molar-refractivity contribution in [1.29, 1.82) is 0 Å². The van der Waals surface area contributed by atoms with E-state index in [0.717, 1.165) is 19.5 Å². The van der Waals surface area contributed by atoms with Gasteiger partial charge in [-0.3, -0.25) is 14.5 Å². The zero-order valence-corrected chi connectivity index (χ0v) is 14.5. The molecule has 1 aromatic rings. The van der Waals surface area contributed by atoms with Gasteiger partial charge in [0.2, 0.25) is 11.8 Å². The normalized spacial score (nSPS) is 18.4. The van der Waals surface area contributed by atoms with Crippen LogP contribution in [0.5, 0.6) is 0 Å². The summed E-state index contributed by atoms with van der Waals surface area (Å²) in [5.41, 5.74) is 1.28. The predicted octanol–water partition coefficient (Wildman–Crippen LogP) is 0.524. The molecule has 1 atom stereocenters. The molecule has 1 saturated heterocycles. The average molecular weight is 333 g/mol. The molecule has 1 unspecified atom stereocenters. The van der Waals surface area contributed by atoms with Gasteiger partial charge in [0, 0.05) is 40.3 Å². The molecule has 1 heterocycles. The first kappa shape index (κ1) is 18.4. The summed E-state index contributed by atoms with van der Waals surface area (Å²) in [5, 5.41) is 2.68. The van der Waals surface area contributed by atoms with Gasteiger partial charge in [0.1, 0.15) is 6.04 Å². The molecule has 132 valence electrons. The molecule has 1 aromatic carbocycles. The topological polar surface area (TPSA) is 61.9 Å². The minimum Gasteiger partial charge on any atom is -0.384 e. The molecule has 6 nitrogen and oxygen atoms in total. The minimum absolute atomic E-state index is 0.0202. The molecule has 2 amide bonds. The molecule has 0 aromatic heterocycles. The first-order valence-electron chi connectivity index (χ1n) is 8.42. The third-order valence-electron chi connectivity index (χ3n) is 4.41. The van der Waals surface area contributed by atoms with Gasteiger partial charge >= 0.3 is 0 Å².